The molecule has 102 valence electrons. The van der Waals surface area contributed by atoms with Crippen LogP contribution in [0.3, 0.4) is 0 Å². The van der Waals surface area contributed by atoms with E-state index in [1.807, 2.05) is 5.93 Å². The summed E-state index contributed by atoms with van der Waals surface area (Å²) >= 11 is 0. The standard InChI is InChI=1S/C15H20NO2P/c1-18-14(17)12-13(19-8-16-12)15-5-9-2-10(6-15)4-11(3-9)7-15/h8-11,19H,2-7H2,1H3. The molecule has 1 aromatic heterocycles. The van der Waals surface area contributed by atoms with Gasteiger partial charge in [-0.1, -0.05) is 0 Å². The van der Waals surface area contributed by atoms with Crippen LogP contribution >= 0.6 is 8.19 Å². The zero-order chi connectivity index (χ0) is 13.0. The molecule has 0 N–H and O–H groups in total. The van der Waals surface area contributed by atoms with Crippen LogP contribution in [0.4, 0.5) is 0 Å². The Hall–Kier alpha value is -0.820. The Morgan fingerprint density at radius 1 is 1.26 bits per heavy atom. The maximum Gasteiger partial charge on any atom is 0.357 e. The van der Waals surface area contributed by atoms with Crippen molar-refractivity contribution in [1.82, 2.24) is 4.98 Å². The van der Waals surface area contributed by atoms with E-state index in [0.717, 1.165) is 17.8 Å². The van der Waals surface area contributed by atoms with Crippen molar-refractivity contribution in [2.75, 3.05) is 7.11 Å². The monoisotopic (exact) mass is 277 g/mol. The quantitative estimate of drug-likeness (QED) is 0.778. The summed E-state index contributed by atoms with van der Waals surface area (Å²) in [7, 11) is 2.07. The van der Waals surface area contributed by atoms with E-state index in [1.54, 1.807) is 0 Å². The predicted octanol–water partition coefficient (Wildman–Crippen LogP) is 3.37. The first-order chi connectivity index (χ1) is 9.20. The molecular weight excluding hydrogens is 257 g/mol. The smallest absolute Gasteiger partial charge is 0.357 e. The Balaban J connectivity index is 1.76. The molecule has 1 atom stereocenters. The number of ether oxygens (including phenoxy) is 1. The lowest BCUT2D eigenvalue weighted by atomic mass is 9.49. The second kappa shape index (κ2) is 4.09. The Labute approximate surface area is 115 Å². The van der Waals surface area contributed by atoms with E-state index in [2.05, 4.69) is 4.98 Å². The van der Waals surface area contributed by atoms with Crippen LogP contribution in [0, 0.1) is 17.8 Å². The number of nitrogens with zero attached hydrogens (tertiary/aromatic N) is 1. The van der Waals surface area contributed by atoms with E-state index in [0.29, 0.717) is 19.3 Å². The van der Waals surface area contributed by atoms with E-state index < -0.39 is 0 Å². The normalized spacial score (nSPS) is 39.9. The summed E-state index contributed by atoms with van der Waals surface area (Å²) in [5.41, 5.74) is 0.940. The zero-order valence-electron chi connectivity index (χ0n) is 11.3. The molecule has 1 heterocycles. The third-order valence-electron chi connectivity index (χ3n) is 5.59. The third kappa shape index (κ3) is 1.71. The van der Waals surface area contributed by atoms with Crippen molar-refractivity contribution in [1.29, 1.82) is 0 Å². The van der Waals surface area contributed by atoms with Crippen molar-refractivity contribution in [3.05, 3.63) is 16.9 Å². The topological polar surface area (TPSA) is 39.2 Å². The number of rotatable bonds is 2. The fourth-order valence-electron chi connectivity index (χ4n) is 5.37. The number of hydrogen-bond donors (Lipinski definition) is 0. The average Bonchev–Trinajstić information content (AvgIpc) is 2.86. The Kier molecular flexibility index (Phi) is 2.57. The highest BCUT2D eigenvalue weighted by Crippen LogP contribution is 2.62. The van der Waals surface area contributed by atoms with Gasteiger partial charge in [-0.25, -0.2) is 9.78 Å². The Morgan fingerprint density at radius 2 is 1.84 bits per heavy atom. The van der Waals surface area contributed by atoms with Gasteiger partial charge in [-0.3, -0.25) is 0 Å². The highest BCUT2D eigenvalue weighted by atomic mass is 31.0. The first-order valence-corrected chi connectivity index (χ1v) is 8.40. The maximum absolute atomic E-state index is 11.9. The molecule has 4 bridgehead atoms. The fourth-order valence-corrected chi connectivity index (χ4v) is 6.61. The second-order valence-electron chi connectivity index (χ2n) is 6.82. The molecule has 3 nitrogen and oxygen atoms in total. The van der Waals surface area contributed by atoms with Crippen molar-refractivity contribution in [3.63, 3.8) is 0 Å². The van der Waals surface area contributed by atoms with Gasteiger partial charge in [0.2, 0.25) is 0 Å². The first-order valence-electron chi connectivity index (χ1n) is 7.32. The lowest BCUT2D eigenvalue weighted by molar-refractivity contribution is -0.00426. The molecule has 4 heteroatoms. The van der Waals surface area contributed by atoms with Gasteiger partial charge in [-0.2, -0.15) is 0 Å². The number of carbonyl (C=O) groups is 1. The summed E-state index contributed by atoms with van der Waals surface area (Å²) in [5, 5.41) is 1.33. The number of hydrogen-bond acceptors (Lipinski definition) is 3. The predicted molar refractivity (Wildman–Crippen MR) is 74.9 cm³/mol. The molecule has 5 rings (SSSR count). The van der Waals surface area contributed by atoms with Crippen molar-refractivity contribution >= 4 is 14.2 Å². The molecule has 4 aliphatic rings. The van der Waals surface area contributed by atoms with Gasteiger partial charge in [-0.05, 0) is 56.3 Å². The Morgan fingerprint density at radius 3 is 2.37 bits per heavy atom. The van der Waals surface area contributed by atoms with Crippen LogP contribution in [0.25, 0.3) is 0 Å². The largest absolute Gasteiger partial charge is 0.464 e. The van der Waals surface area contributed by atoms with Gasteiger partial charge in [-0.15, -0.1) is 8.19 Å². The minimum Gasteiger partial charge on any atom is -0.464 e. The molecule has 0 amide bonds. The van der Waals surface area contributed by atoms with E-state index in [9.17, 15) is 4.79 Å². The third-order valence-corrected chi connectivity index (χ3v) is 6.90. The average molecular weight is 277 g/mol. The molecule has 0 aliphatic heterocycles. The molecule has 0 spiro atoms. The molecule has 1 aromatic rings. The van der Waals surface area contributed by atoms with Gasteiger partial charge >= 0.3 is 5.97 Å². The fraction of sp³-hybridized carbons (Fsp3) is 0.733. The van der Waals surface area contributed by atoms with E-state index in [4.69, 9.17) is 4.74 Å². The van der Waals surface area contributed by atoms with Gasteiger partial charge in [0.15, 0.2) is 5.69 Å². The maximum atomic E-state index is 11.9. The number of esters is 1. The zero-order valence-corrected chi connectivity index (χ0v) is 12.3. The summed E-state index contributed by atoms with van der Waals surface area (Å²) in [4.78, 5) is 16.3. The molecule has 0 saturated heterocycles. The molecule has 0 aromatic carbocycles. The van der Waals surface area contributed by atoms with Crippen LogP contribution in [0.5, 0.6) is 0 Å². The van der Waals surface area contributed by atoms with Crippen molar-refractivity contribution in [2.45, 2.75) is 43.9 Å². The van der Waals surface area contributed by atoms with Crippen LogP contribution in [0.1, 0.15) is 54.3 Å². The molecule has 4 saturated carbocycles. The Bertz CT molecular complexity index is 487. The van der Waals surface area contributed by atoms with E-state index in [1.165, 1.54) is 50.9 Å². The molecule has 19 heavy (non-hydrogen) atoms. The molecule has 1 unspecified atom stereocenters. The molecule has 4 fully saturated rings. The van der Waals surface area contributed by atoms with Crippen molar-refractivity contribution in [3.8, 4) is 0 Å². The highest BCUT2D eigenvalue weighted by Gasteiger charge is 2.53. The van der Waals surface area contributed by atoms with Gasteiger partial charge < -0.3 is 4.74 Å². The highest BCUT2D eigenvalue weighted by molar-refractivity contribution is 7.30. The van der Waals surface area contributed by atoms with Crippen molar-refractivity contribution < 1.29 is 9.53 Å². The number of methoxy groups -OCH3 is 1. The summed E-state index contributed by atoms with van der Waals surface area (Å²) in [6, 6.07) is 0. The lowest BCUT2D eigenvalue weighted by Gasteiger charge is -2.56. The van der Waals surface area contributed by atoms with E-state index >= 15 is 0 Å². The van der Waals surface area contributed by atoms with Gasteiger partial charge in [0, 0.05) is 16.6 Å². The minimum absolute atomic E-state index is 0.230. The molecule has 0 radical (unpaired) electrons. The summed E-state index contributed by atoms with van der Waals surface area (Å²) < 4.78 is 4.92. The minimum atomic E-state index is -0.230. The first kappa shape index (κ1) is 12.0. The summed E-state index contributed by atoms with van der Waals surface area (Å²) in [6.07, 6.45) is 8.19. The van der Waals surface area contributed by atoms with Crippen LogP contribution in [-0.4, -0.2) is 18.1 Å². The summed E-state index contributed by atoms with van der Waals surface area (Å²) in [6.45, 7) is 0. The number of aromatic nitrogens is 1. The molecular formula is C15H20NO2P. The number of carbonyl (C=O) groups excluding carboxylic acids is 1. The van der Waals surface area contributed by atoms with Crippen molar-refractivity contribution in [2.24, 2.45) is 17.8 Å². The van der Waals surface area contributed by atoms with E-state index in [-0.39, 0.29) is 5.97 Å². The molecule has 4 aliphatic carbocycles. The van der Waals surface area contributed by atoms with Crippen LogP contribution in [0.2, 0.25) is 0 Å². The van der Waals surface area contributed by atoms with Gasteiger partial charge in [0.25, 0.3) is 0 Å². The van der Waals surface area contributed by atoms with Crippen LogP contribution in [0.15, 0.2) is 5.93 Å². The van der Waals surface area contributed by atoms with Crippen LogP contribution in [-0.2, 0) is 10.2 Å². The second-order valence-corrected chi connectivity index (χ2v) is 7.86. The SMILES string of the molecule is COC(=O)c1nc[pH]c1C12CC3CC(CC(C3)C1)C2. The summed E-state index contributed by atoms with van der Waals surface area (Å²) in [5.74, 6) is 4.42. The lowest BCUT2D eigenvalue weighted by Crippen LogP contribution is -2.48. The van der Waals surface area contributed by atoms with Gasteiger partial charge in [0.1, 0.15) is 0 Å². The van der Waals surface area contributed by atoms with Crippen LogP contribution < -0.4 is 0 Å². The van der Waals surface area contributed by atoms with Gasteiger partial charge in [0.05, 0.1) is 7.11 Å².